The molecule has 0 aromatic rings. The first-order chi connectivity index (χ1) is 18.4. The highest BCUT2D eigenvalue weighted by molar-refractivity contribution is 5.69. The lowest BCUT2D eigenvalue weighted by molar-refractivity contribution is -0.152. The minimum absolute atomic E-state index is 0.0780. The van der Waals surface area contributed by atoms with Crippen LogP contribution in [0.1, 0.15) is 162 Å². The third-order valence-corrected chi connectivity index (χ3v) is 12.9. The van der Waals surface area contributed by atoms with Crippen molar-refractivity contribution >= 4 is 5.97 Å². The third kappa shape index (κ3) is 6.10. The van der Waals surface area contributed by atoms with Crippen molar-refractivity contribution in [1.29, 1.82) is 0 Å². The van der Waals surface area contributed by atoms with Crippen molar-refractivity contribution < 1.29 is 9.53 Å². The largest absolute Gasteiger partial charge is 0.462 e. The molecule has 0 aromatic carbocycles. The molecule has 0 spiro atoms. The van der Waals surface area contributed by atoms with Gasteiger partial charge < -0.3 is 4.74 Å². The molecule has 5 rings (SSSR count). The normalized spacial score (nSPS) is 39.1. The summed E-state index contributed by atoms with van der Waals surface area (Å²) in [6.07, 6.45) is 31.8. The first-order valence-electron chi connectivity index (χ1n) is 17.3. The molecule has 0 bridgehead atoms. The van der Waals surface area contributed by atoms with Crippen LogP contribution in [0.25, 0.3) is 0 Å². The Balaban J connectivity index is 1.13. The summed E-state index contributed by atoms with van der Waals surface area (Å²) in [5, 5.41) is 0. The van der Waals surface area contributed by atoms with Crippen LogP contribution < -0.4 is 0 Å². The molecule has 5 aliphatic rings. The van der Waals surface area contributed by atoms with E-state index in [1.165, 1.54) is 116 Å². The molecule has 2 heteroatoms. The summed E-state index contributed by atoms with van der Waals surface area (Å²) in [6, 6.07) is 0. The van der Waals surface area contributed by atoms with Crippen LogP contribution in [0.4, 0.5) is 0 Å². The van der Waals surface area contributed by atoms with Gasteiger partial charge in [0.05, 0.1) is 0 Å². The van der Waals surface area contributed by atoms with E-state index in [0.29, 0.717) is 17.3 Å². The Morgan fingerprint density at radius 2 is 1.66 bits per heavy atom. The molecule has 4 fully saturated rings. The number of fused-ring (bicyclic) bond motifs is 5. The lowest BCUT2D eigenvalue weighted by atomic mass is 9.47. The highest BCUT2D eigenvalue weighted by Crippen LogP contribution is 2.66. The molecule has 4 saturated carbocycles. The van der Waals surface area contributed by atoms with Gasteiger partial charge in [-0.25, -0.2) is 0 Å². The Morgan fingerprint density at radius 1 is 0.868 bits per heavy atom. The van der Waals surface area contributed by atoms with Crippen molar-refractivity contribution in [2.75, 3.05) is 0 Å². The number of hydrogen-bond acceptors (Lipinski definition) is 2. The standard InChI is InChI=1S/C36H60O2/c1-4-5-6-7-8-12-15-28-18-20-32-31-19-17-29-26-30(38-34(37)21-16-27-13-10-9-11-14-27)22-24-36(29,3)33(31)23-25-35(28,32)2/h17,27-28,30-33H,4-16,18-26H2,1-3H3/t28-,30-,31-,32-,33-,35+,36-/m0/s1. The van der Waals surface area contributed by atoms with Gasteiger partial charge >= 0.3 is 5.97 Å². The predicted molar refractivity (Wildman–Crippen MR) is 159 cm³/mol. The van der Waals surface area contributed by atoms with E-state index in [0.717, 1.165) is 48.9 Å². The second-order valence-corrected chi connectivity index (χ2v) is 15.0. The lowest BCUT2D eigenvalue weighted by Crippen LogP contribution is -2.50. The van der Waals surface area contributed by atoms with E-state index in [1.54, 1.807) is 5.57 Å². The molecular weight excluding hydrogens is 464 g/mol. The van der Waals surface area contributed by atoms with E-state index in [-0.39, 0.29) is 12.1 Å². The van der Waals surface area contributed by atoms with Crippen molar-refractivity contribution in [3.05, 3.63) is 11.6 Å². The zero-order valence-corrected chi connectivity index (χ0v) is 25.4. The first-order valence-corrected chi connectivity index (χ1v) is 17.3. The van der Waals surface area contributed by atoms with Crippen LogP contribution in [0.15, 0.2) is 11.6 Å². The number of hydrogen-bond donors (Lipinski definition) is 0. The van der Waals surface area contributed by atoms with Gasteiger partial charge in [0.2, 0.25) is 0 Å². The van der Waals surface area contributed by atoms with Gasteiger partial charge in [-0.3, -0.25) is 4.79 Å². The van der Waals surface area contributed by atoms with Gasteiger partial charge in [-0.05, 0) is 98.2 Å². The number of esters is 1. The van der Waals surface area contributed by atoms with E-state index < -0.39 is 0 Å². The van der Waals surface area contributed by atoms with E-state index in [9.17, 15) is 4.79 Å². The van der Waals surface area contributed by atoms with Crippen LogP contribution in [-0.4, -0.2) is 12.1 Å². The molecule has 0 saturated heterocycles. The Kier molecular flexibility index (Phi) is 9.68. The van der Waals surface area contributed by atoms with Gasteiger partial charge in [0, 0.05) is 12.8 Å². The van der Waals surface area contributed by atoms with Crippen molar-refractivity contribution in [1.82, 2.24) is 0 Å². The Morgan fingerprint density at radius 3 is 2.47 bits per heavy atom. The lowest BCUT2D eigenvalue weighted by Gasteiger charge is -2.58. The third-order valence-electron chi connectivity index (χ3n) is 12.9. The van der Waals surface area contributed by atoms with Crippen LogP contribution in [0, 0.1) is 40.4 Å². The smallest absolute Gasteiger partial charge is 0.306 e. The second-order valence-electron chi connectivity index (χ2n) is 15.0. The minimum atomic E-state index is 0.0780. The SMILES string of the molecule is CCCCCCCC[C@H]1CC[C@H]2[C@@H]3CC=C4C[C@@H](OC(=O)CCC5CCCCC5)CC[C@]4(C)[C@H]3CC[C@]12C. The average Bonchev–Trinajstić information content (AvgIpc) is 3.26. The van der Waals surface area contributed by atoms with Crippen molar-refractivity contribution in [2.24, 2.45) is 40.4 Å². The zero-order valence-electron chi connectivity index (χ0n) is 25.4. The van der Waals surface area contributed by atoms with Crippen LogP contribution in [0.3, 0.4) is 0 Å². The second kappa shape index (κ2) is 12.8. The molecular formula is C36H60O2. The maximum atomic E-state index is 12.7. The number of allylic oxidation sites excluding steroid dienone is 1. The van der Waals surface area contributed by atoms with Crippen LogP contribution >= 0.6 is 0 Å². The van der Waals surface area contributed by atoms with Gasteiger partial charge in [-0.1, -0.05) is 103 Å². The highest BCUT2D eigenvalue weighted by atomic mass is 16.5. The van der Waals surface area contributed by atoms with E-state index in [2.05, 4.69) is 26.8 Å². The Labute approximate surface area is 235 Å². The molecule has 7 atom stereocenters. The molecule has 0 unspecified atom stereocenters. The van der Waals surface area contributed by atoms with Crippen LogP contribution in [0.2, 0.25) is 0 Å². The summed E-state index contributed by atoms with van der Waals surface area (Å²) in [5.74, 6) is 4.51. The van der Waals surface area contributed by atoms with Crippen molar-refractivity contribution in [3.63, 3.8) is 0 Å². The molecule has 216 valence electrons. The fourth-order valence-electron chi connectivity index (χ4n) is 10.5. The Bertz CT molecular complexity index is 808. The number of ether oxygens (including phenoxy) is 1. The summed E-state index contributed by atoms with van der Waals surface area (Å²) in [6.45, 7) is 7.62. The van der Waals surface area contributed by atoms with Crippen LogP contribution in [0.5, 0.6) is 0 Å². The van der Waals surface area contributed by atoms with Gasteiger partial charge in [0.15, 0.2) is 0 Å². The van der Waals surface area contributed by atoms with Crippen LogP contribution in [-0.2, 0) is 9.53 Å². The molecule has 2 nitrogen and oxygen atoms in total. The van der Waals surface area contributed by atoms with Crippen molar-refractivity contribution in [3.8, 4) is 0 Å². The molecule has 0 aromatic heterocycles. The van der Waals surface area contributed by atoms with E-state index in [4.69, 9.17) is 4.74 Å². The van der Waals surface area contributed by atoms with E-state index in [1.807, 2.05) is 0 Å². The number of carbonyl (C=O) groups is 1. The summed E-state index contributed by atoms with van der Waals surface area (Å²) < 4.78 is 6.10. The maximum absolute atomic E-state index is 12.7. The van der Waals surface area contributed by atoms with E-state index >= 15 is 0 Å². The van der Waals surface area contributed by atoms with Gasteiger partial charge in [0.25, 0.3) is 0 Å². The van der Waals surface area contributed by atoms with Gasteiger partial charge in [-0.2, -0.15) is 0 Å². The molecule has 38 heavy (non-hydrogen) atoms. The summed E-state index contributed by atoms with van der Waals surface area (Å²) in [7, 11) is 0. The number of carbonyl (C=O) groups excluding carboxylic acids is 1. The highest BCUT2D eigenvalue weighted by Gasteiger charge is 2.58. The fourth-order valence-corrected chi connectivity index (χ4v) is 10.5. The molecule has 0 N–H and O–H groups in total. The van der Waals surface area contributed by atoms with Crippen molar-refractivity contribution in [2.45, 2.75) is 168 Å². The molecule has 0 aliphatic heterocycles. The summed E-state index contributed by atoms with van der Waals surface area (Å²) >= 11 is 0. The topological polar surface area (TPSA) is 26.3 Å². The molecule has 5 aliphatic carbocycles. The minimum Gasteiger partial charge on any atom is -0.462 e. The molecule has 0 radical (unpaired) electrons. The van der Waals surface area contributed by atoms with Gasteiger partial charge in [0.1, 0.15) is 6.10 Å². The summed E-state index contributed by atoms with van der Waals surface area (Å²) in [5.41, 5.74) is 2.60. The zero-order chi connectivity index (χ0) is 26.6. The quantitative estimate of drug-likeness (QED) is 0.153. The number of unbranched alkanes of at least 4 members (excludes halogenated alkanes) is 5. The number of rotatable bonds is 11. The maximum Gasteiger partial charge on any atom is 0.306 e. The molecule has 0 heterocycles. The first kappa shape index (κ1) is 28.7. The monoisotopic (exact) mass is 524 g/mol. The van der Waals surface area contributed by atoms with Gasteiger partial charge in [-0.15, -0.1) is 0 Å². The Hall–Kier alpha value is -0.790. The molecule has 0 amide bonds. The summed E-state index contributed by atoms with van der Waals surface area (Å²) in [4.78, 5) is 12.7. The predicted octanol–water partition coefficient (Wildman–Crippen LogP) is 10.6. The average molecular weight is 525 g/mol. The fraction of sp³-hybridized carbons (Fsp3) is 0.917.